The second-order valence-corrected chi connectivity index (χ2v) is 7.07. The second-order valence-electron chi connectivity index (χ2n) is 6.66. The van der Waals surface area contributed by atoms with Gasteiger partial charge in [-0.1, -0.05) is 44.5 Å². The Kier molecular flexibility index (Phi) is 4.27. The van der Waals surface area contributed by atoms with Gasteiger partial charge in [-0.25, -0.2) is 0 Å². The van der Waals surface area contributed by atoms with E-state index < -0.39 is 0 Å². The summed E-state index contributed by atoms with van der Waals surface area (Å²) < 4.78 is 0. The molecule has 96 valence electrons. The van der Waals surface area contributed by atoms with Crippen LogP contribution in [-0.2, 0) is 12.0 Å². The first-order chi connectivity index (χ1) is 7.59. The van der Waals surface area contributed by atoms with Gasteiger partial charge in [0, 0.05) is 17.1 Å². The lowest BCUT2D eigenvalue weighted by Crippen LogP contribution is -2.35. The molecule has 0 radical (unpaired) electrons. The highest BCUT2D eigenvalue weighted by Crippen LogP contribution is 2.27. The Morgan fingerprint density at radius 1 is 1.06 bits per heavy atom. The van der Waals surface area contributed by atoms with Gasteiger partial charge in [0.25, 0.3) is 0 Å². The van der Waals surface area contributed by atoms with Gasteiger partial charge < -0.3 is 5.32 Å². The normalized spacial score (nSPS) is 12.9. The molecule has 0 bridgehead atoms. The van der Waals surface area contributed by atoms with Crippen LogP contribution in [0, 0.1) is 0 Å². The quantitative estimate of drug-likeness (QED) is 0.817. The lowest BCUT2D eigenvalue weighted by atomic mass is 9.86. The van der Waals surface area contributed by atoms with Gasteiger partial charge in [-0.2, -0.15) is 0 Å². The van der Waals surface area contributed by atoms with E-state index in [9.17, 15) is 0 Å². The van der Waals surface area contributed by atoms with Crippen molar-refractivity contribution in [2.24, 2.45) is 0 Å². The van der Waals surface area contributed by atoms with Crippen molar-refractivity contribution in [3.05, 3.63) is 34.3 Å². The van der Waals surface area contributed by atoms with Crippen molar-refractivity contribution in [2.45, 2.75) is 59.0 Å². The minimum Gasteiger partial charge on any atom is -0.308 e. The molecule has 2 heteroatoms. The van der Waals surface area contributed by atoms with Crippen LogP contribution >= 0.6 is 11.6 Å². The van der Waals surface area contributed by atoms with E-state index in [0.717, 1.165) is 17.1 Å². The van der Waals surface area contributed by atoms with Gasteiger partial charge in [-0.3, -0.25) is 0 Å². The number of hydrogen-bond acceptors (Lipinski definition) is 1. The first kappa shape index (κ1) is 14.5. The van der Waals surface area contributed by atoms with E-state index in [2.05, 4.69) is 65.1 Å². The number of halogens is 1. The van der Waals surface area contributed by atoms with Gasteiger partial charge in [0.2, 0.25) is 0 Å². The Hall–Kier alpha value is -0.530. The molecule has 1 N–H and O–H groups in total. The fraction of sp³-hybridized carbons (Fsp3) is 0.600. The highest BCUT2D eigenvalue weighted by molar-refractivity contribution is 6.31. The molecule has 17 heavy (non-hydrogen) atoms. The Labute approximate surface area is 111 Å². The number of rotatable bonds is 2. The minimum absolute atomic E-state index is 0.117. The molecule has 0 aliphatic carbocycles. The Bertz CT molecular complexity index is 383. The van der Waals surface area contributed by atoms with Crippen molar-refractivity contribution in [2.75, 3.05) is 0 Å². The second kappa shape index (κ2) is 4.99. The standard InChI is InChI=1S/C15H24ClN/c1-14(2,3)12-8-7-11(13(16)9-12)10-17-15(4,5)6/h7-9,17H,10H2,1-6H3. The average Bonchev–Trinajstić information content (AvgIpc) is 2.12. The van der Waals surface area contributed by atoms with Crippen molar-refractivity contribution >= 4 is 11.6 Å². The zero-order valence-electron chi connectivity index (χ0n) is 11.8. The summed E-state index contributed by atoms with van der Waals surface area (Å²) in [7, 11) is 0. The van der Waals surface area contributed by atoms with E-state index in [1.54, 1.807) is 0 Å². The molecule has 0 aliphatic heterocycles. The van der Waals surface area contributed by atoms with Crippen LogP contribution in [0.4, 0.5) is 0 Å². The summed E-state index contributed by atoms with van der Waals surface area (Å²) in [6, 6.07) is 6.38. The van der Waals surface area contributed by atoms with Crippen LogP contribution in [0.15, 0.2) is 18.2 Å². The molecule has 0 atom stereocenters. The van der Waals surface area contributed by atoms with Gasteiger partial charge in [0.15, 0.2) is 0 Å². The van der Waals surface area contributed by atoms with Crippen LogP contribution in [0.5, 0.6) is 0 Å². The van der Waals surface area contributed by atoms with Crippen molar-refractivity contribution in [1.82, 2.24) is 5.32 Å². The maximum absolute atomic E-state index is 6.32. The van der Waals surface area contributed by atoms with Gasteiger partial charge in [0.05, 0.1) is 0 Å². The van der Waals surface area contributed by atoms with Gasteiger partial charge in [-0.05, 0) is 43.4 Å². The summed E-state index contributed by atoms with van der Waals surface area (Å²) in [5.74, 6) is 0. The van der Waals surface area contributed by atoms with Crippen LogP contribution in [0.3, 0.4) is 0 Å². The van der Waals surface area contributed by atoms with Gasteiger partial charge in [0.1, 0.15) is 0 Å². The number of benzene rings is 1. The third-order valence-electron chi connectivity index (χ3n) is 2.73. The summed E-state index contributed by atoms with van der Waals surface area (Å²) >= 11 is 6.32. The molecular weight excluding hydrogens is 230 g/mol. The topological polar surface area (TPSA) is 12.0 Å². The third-order valence-corrected chi connectivity index (χ3v) is 3.08. The molecule has 1 rings (SSSR count). The molecule has 0 spiro atoms. The molecule has 0 saturated heterocycles. The largest absolute Gasteiger partial charge is 0.308 e. The monoisotopic (exact) mass is 253 g/mol. The smallest absolute Gasteiger partial charge is 0.0453 e. The first-order valence-electron chi connectivity index (χ1n) is 6.13. The highest BCUT2D eigenvalue weighted by atomic mass is 35.5. The van der Waals surface area contributed by atoms with E-state index in [-0.39, 0.29) is 11.0 Å². The molecule has 0 amide bonds. The summed E-state index contributed by atoms with van der Waals surface area (Å²) in [6.45, 7) is 13.9. The summed E-state index contributed by atoms with van der Waals surface area (Å²) in [4.78, 5) is 0. The molecule has 0 aromatic heterocycles. The predicted molar refractivity (Wildman–Crippen MR) is 76.7 cm³/mol. The molecule has 0 unspecified atom stereocenters. The van der Waals surface area contributed by atoms with Gasteiger partial charge >= 0.3 is 0 Å². The van der Waals surface area contributed by atoms with Crippen LogP contribution in [0.1, 0.15) is 52.7 Å². The maximum atomic E-state index is 6.32. The summed E-state index contributed by atoms with van der Waals surface area (Å²) in [6.07, 6.45) is 0. The summed E-state index contributed by atoms with van der Waals surface area (Å²) in [5.41, 5.74) is 2.71. The summed E-state index contributed by atoms with van der Waals surface area (Å²) in [5, 5.41) is 4.31. The molecule has 1 aromatic carbocycles. The van der Waals surface area contributed by atoms with Crippen LogP contribution in [-0.4, -0.2) is 5.54 Å². The van der Waals surface area contributed by atoms with E-state index in [1.807, 2.05) is 0 Å². The lowest BCUT2D eigenvalue weighted by molar-refractivity contribution is 0.424. The Morgan fingerprint density at radius 3 is 2.06 bits per heavy atom. The van der Waals surface area contributed by atoms with Crippen molar-refractivity contribution in [1.29, 1.82) is 0 Å². The van der Waals surface area contributed by atoms with E-state index >= 15 is 0 Å². The fourth-order valence-corrected chi connectivity index (χ4v) is 1.76. The lowest BCUT2D eigenvalue weighted by Gasteiger charge is -2.23. The number of hydrogen-bond donors (Lipinski definition) is 1. The van der Waals surface area contributed by atoms with E-state index in [0.29, 0.717) is 0 Å². The molecule has 0 saturated carbocycles. The molecule has 1 nitrogen and oxygen atoms in total. The minimum atomic E-state index is 0.117. The SMILES string of the molecule is CC(C)(C)NCc1ccc(C(C)(C)C)cc1Cl. The van der Waals surface area contributed by atoms with Crippen LogP contribution in [0.2, 0.25) is 5.02 Å². The Balaban J connectivity index is 2.84. The van der Waals surface area contributed by atoms with E-state index in [4.69, 9.17) is 11.6 Å². The van der Waals surface area contributed by atoms with Crippen LogP contribution < -0.4 is 5.32 Å². The first-order valence-corrected chi connectivity index (χ1v) is 6.51. The predicted octanol–water partition coefficient (Wildman–Crippen LogP) is 4.53. The van der Waals surface area contributed by atoms with Crippen LogP contribution in [0.25, 0.3) is 0 Å². The zero-order chi connectivity index (χ0) is 13.3. The molecule has 0 heterocycles. The number of nitrogens with one attached hydrogen (secondary N) is 1. The third kappa shape index (κ3) is 4.69. The van der Waals surface area contributed by atoms with Crippen molar-refractivity contribution in [3.63, 3.8) is 0 Å². The maximum Gasteiger partial charge on any atom is 0.0453 e. The van der Waals surface area contributed by atoms with Gasteiger partial charge in [-0.15, -0.1) is 0 Å². The molecule has 0 aliphatic rings. The van der Waals surface area contributed by atoms with E-state index in [1.165, 1.54) is 5.56 Å². The molecule has 1 aromatic rings. The van der Waals surface area contributed by atoms with Crippen molar-refractivity contribution < 1.29 is 0 Å². The fourth-order valence-electron chi connectivity index (χ4n) is 1.52. The molecular formula is C15H24ClN. The Morgan fingerprint density at radius 2 is 1.65 bits per heavy atom. The molecule has 0 fully saturated rings. The average molecular weight is 254 g/mol. The highest BCUT2D eigenvalue weighted by Gasteiger charge is 2.15. The zero-order valence-corrected chi connectivity index (χ0v) is 12.6. The van der Waals surface area contributed by atoms with Crippen molar-refractivity contribution in [3.8, 4) is 0 Å².